The molecule has 6 nitrogen and oxygen atoms in total. The number of benzene rings is 1. The van der Waals surface area contributed by atoms with Gasteiger partial charge in [0.25, 0.3) is 5.91 Å². The number of methoxy groups -OCH3 is 1. The summed E-state index contributed by atoms with van der Waals surface area (Å²) in [5.41, 5.74) is 1.83. The van der Waals surface area contributed by atoms with E-state index in [9.17, 15) is 9.59 Å². The van der Waals surface area contributed by atoms with Crippen molar-refractivity contribution < 1.29 is 14.3 Å². The van der Waals surface area contributed by atoms with Gasteiger partial charge in [-0.3, -0.25) is 10.1 Å². The van der Waals surface area contributed by atoms with Crippen LogP contribution >= 0.6 is 11.8 Å². The highest BCUT2D eigenvalue weighted by Gasteiger charge is 2.24. The van der Waals surface area contributed by atoms with E-state index in [1.54, 1.807) is 6.21 Å². The molecule has 1 fully saturated rings. The summed E-state index contributed by atoms with van der Waals surface area (Å²) in [5, 5.41) is 10.7. The summed E-state index contributed by atoms with van der Waals surface area (Å²) in [6, 6.07) is 7.65. The summed E-state index contributed by atoms with van der Waals surface area (Å²) in [7, 11) is 1.25. The number of esters is 1. The van der Waals surface area contributed by atoms with Crippen LogP contribution in [0.15, 0.2) is 45.4 Å². The number of ether oxygens (including phenoxy) is 1. The van der Waals surface area contributed by atoms with Crippen molar-refractivity contribution in [1.82, 2.24) is 5.32 Å². The number of amides is 1. The van der Waals surface area contributed by atoms with Crippen molar-refractivity contribution in [3.63, 3.8) is 0 Å². The van der Waals surface area contributed by atoms with E-state index in [1.807, 2.05) is 24.3 Å². The number of amidine groups is 1. The van der Waals surface area contributed by atoms with Gasteiger partial charge in [-0.25, -0.2) is 4.79 Å². The Morgan fingerprint density at radius 3 is 2.81 bits per heavy atom. The lowest BCUT2D eigenvalue weighted by molar-refractivity contribution is -0.135. The van der Waals surface area contributed by atoms with Gasteiger partial charge >= 0.3 is 5.97 Å². The predicted molar refractivity (Wildman–Crippen MR) is 104 cm³/mol. The first kappa shape index (κ1) is 19.5. The Morgan fingerprint density at radius 2 is 2.12 bits per heavy atom. The smallest absolute Gasteiger partial charge is 0.331 e. The average molecular weight is 369 g/mol. The first-order valence-corrected chi connectivity index (χ1v) is 8.93. The quantitative estimate of drug-likeness (QED) is 0.216. The van der Waals surface area contributed by atoms with Crippen LogP contribution in [0, 0.1) is 11.8 Å². The van der Waals surface area contributed by atoms with Crippen LogP contribution in [0.4, 0.5) is 0 Å². The van der Waals surface area contributed by atoms with E-state index in [4.69, 9.17) is 0 Å². The summed E-state index contributed by atoms with van der Waals surface area (Å²) in [6.45, 7) is 2.14. The number of carbonyl (C=O) groups excluding carboxylic acids is 2. The molecule has 7 heteroatoms. The van der Waals surface area contributed by atoms with Gasteiger partial charge in [0, 0.05) is 18.1 Å². The zero-order valence-electron chi connectivity index (χ0n) is 14.6. The van der Waals surface area contributed by atoms with Gasteiger partial charge < -0.3 is 4.74 Å². The fourth-order valence-corrected chi connectivity index (χ4v) is 2.61. The highest BCUT2D eigenvalue weighted by atomic mass is 32.2. The molecule has 134 valence electrons. The molecule has 0 bridgehead atoms. The third-order valence-corrected chi connectivity index (χ3v) is 4.16. The monoisotopic (exact) mass is 369 g/mol. The number of nitrogens with one attached hydrogen (secondary N) is 1. The van der Waals surface area contributed by atoms with Gasteiger partial charge in [0.15, 0.2) is 5.17 Å². The van der Waals surface area contributed by atoms with Crippen LogP contribution in [-0.4, -0.2) is 30.4 Å². The molecule has 0 unspecified atom stereocenters. The number of thioether (sulfide) groups is 1. The molecule has 1 aliphatic heterocycles. The van der Waals surface area contributed by atoms with Gasteiger partial charge in [0.2, 0.25) is 0 Å². The Balaban J connectivity index is 1.94. The fourth-order valence-electron chi connectivity index (χ4n) is 1.87. The van der Waals surface area contributed by atoms with Crippen molar-refractivity contribution >= 4 is 35.0 Å². The zero-order chi connectivity index (χ0) is 18.8. The number of unbranched alkanes of at least 4 members (excludes halogenated alkanes) is 2. The molecule has 1 saturated heterocycles. The van der Waals surface area contributed by atoms with Crippen LogP contribution in [0.2, 0.25) is 0 Å². The first-order valence-electron chi connectivity index (χ1n) is 8.11. The maximum absolute atomic E-state index is 11.7. The Morgan fingerprint density at radius 1 is 1.35 bits per heavy atom. The van der Waals surface area contributed by atoms with Crippen molar-refractivity contribution in [3.05, 3.63) is 46.4 Å². The third kappa shape index (κ3) is 6.22. The molecule has 0 aliphatic carbocycles. The molecule has 0 atom stereocenters. The van der Waals surface area contributed by atoms with E-state index in [0.29, 0.717) is 5.17 Å². The molecule has 26 heavy (non-hydrogen) atoms. The van der Waals surface area contributed by atoms with E-state index >= 15 is 0 Å². The summed E-state index contributed by atoms with van der Waals surface area (Å²) >= 11 is 1.03. The maximum Gasteiger partial charge on any atom is 0.331 e. The number of nitrogens with zero attached hydrogens (tertiary/aromatic N) is 2. The Kier molecular flexibility index (Phi) is 7.65. The predicted octanol–water partition coefficient (Wildman–Crippen LogP) is 2.84. The van der Waals surface area contributed by atoms with Gasteiger partial charge in [-0.15, -0.1) is 5.10 Å². The minimum absolute atomic E-state index is 0.219. The van der Waals surface area contributed by atoms with Crippen LogP contribution in [-0.2, 0) is 14.3 Å². The van der Waals surface area contributed by atoms with Crippen LogP contribution in [0.25, 0.3) is 0 Å². The second-order valence-corrected chi connectivity index (χ2v) is 6.30. The largest absolute Gasteiger partial charge is 0.466 e. The van der Waals surface area contributed by atoms with Crippen molar-refractivity contribution in [2.75, 3.05) is 7.11 Å². The molecule has 0 saturated carbocycles. The van der Waals surface area contributed by atoms with E-state index in [0.717, 1.165) is 48.2 Å². The van der Waals surface area contributed by atoms with Gasteiger partial charge in [0.1, 0.15) is 0 Å². The summed E-state index contributed by atoms with van der Waals surface area (Å²) in [4.78, 5) is 23.1. The fraction of sp³-hybridized carbons (Fsp3) is 0.263. The van der Waals surface area contributed by atoms with Crippen molar-refractivity contribution in [3.8, 4) is 11.8 Å². The van der Waals surface area contributed by atoms with Crippen LogP contribution in [0.1, 0.15) is 37.3 Å². The lowest BCUT2D eigenvalue weighted by Crippen LogP contribution is -2.19. The average Bonchev–Trinajstić information content (AvgIpc) is 2.99. The number of rotatable bonds is 5. The van der Waals surface area contributed by atoms with Gasteiger partial charge in [0.05, 0.1) is 18.2 Å². The van der Waals surface area contributed by atoms with E-state index in [2.05, 4.69) is 39.0 Å². The molecular formula is C19H19N3O3S. The molecule has 1 amide bonds. The molecule has 0 radical (unpaired) electrons. The molecule has 0 spiro atoms. The van der Waals surface area contributed by atoms with Crippen molar-refractivity contribution in [2.24, 2.45) is 10.2 Å². The summed E-state index contributed by atoms with van der Waals surface area (Å²) < 4.78 is 4.49. The molecule has 1 heterocycles. The highest BCUT2D eigenvalue weighted by Crippen LogP contribution is 2.23. The van der Waals surface area contributed by atoms with E-state index < -0.39 is 11.9 Å². The highest BCUT2D eigenvalue weighted by molar-refractivity contribution is 8.18. The normalized spacial score (nSPS) is 16.6. The molecule has 2 rings (SSSR count). The topological polar surface area (TPSA) is 80.1 Å². The van der Waals surface area contributed by atoms with Crippen molar-refractivity contribution in [2.45, 2.75) is 26.2 Å². The molecule has 1 aromatic carbocycles. The number of hydrogen-bond donors (Lipinski definition) is 1. The Hall–Kier alpha value is -2.85. The molecular weight excluding hydrogens is 350 g/mol. The zero-order valence-corrected chi connectivity index (χ0v) is 15.4. The summed E-state index contributed by atoms with van der Waals surface area (Å²) in [5.74, 6) is 5.27. The van der Waals surface area contributed by atoms with E-state index in [1.165, 1.54) is 7.11 Å². The van der Waals surface area contributed by atoms with Gasteiger partial charge in [-0.1, -0.05) is 37.3 Å². The minimum atomic E-state index is -0.592. The maximum atomic E-state index is 11.7. The molecule has 0 aromatic heterocycles. The second kappa shape index (κ2) is 10.2. The van der Waals surface area contributed by atoms with Gasteiger partial charge in [-0.2, -0.15) is 5.10 Å². The molecule has 1 N–H and O–H groups in total. The van der Waals surface area contributed by atoms with Crippen LogP contribution < -0.4 is 5.32 Å². The van der Waals surface area contributed by atoms with Gasteiger partial charge in [-0.05, 0) is 35.9 Å². The van der Waals surface area contributed by atoms with Crippen LogP contribution in [0.3, 0.4) is 0 Å². The lowest BCUT2D eigenvalue weighted by atomic mass is 10.1. The molecule has 1 aliphatic rings. The number of carbonyl (C=O) groups is 2. The summed E-state index contributed by atoms with van der Waals surface area (Å²) in [6.07, 6.45) is 5.87. The SMILES string of the molecule is CCCCC#Cc1ccc(C=N/N=C2/NC(=O)/C(=C\C(=O)OC)S2)cc1. The Labute approximate surface area is 156 Å². The van der Waals surface area contributed by atoms with E-state index in [-0.39, 0.29) is 4.91 Å². The second-order valence-electron chi connectivity index (χ2n) is 5.26. The molecule has 1 aromatic rings. The standard InChI is InChI=1S/C19H19N3O3S/c1-3-4-5-6-7-14-8-10-15(11-9-14)13-20-22-19-21-18(24)16(26-19)12-17(23)25-2/h8-13H,3-5H2,1-2H3,(H,21,22,24)/b16-12+,20-13?. The minimum Gasteiger partial charge on any atom is -0.466 e. The lowest BCUT2D eigenvalue weighted by Gasteiger charge is -1.93. The first-order chi connectivity index (χ1) is 12.6. The van der Waals surface area contributed by atoms with Crippen LogP contribution in [0.5, 0.6) is 0 Å². The third-order valence-electron chi connectivity index (χ3n) is 3.26. The Bertz CT molecular complexity index is 815. The number of hydrogen-bond acceptors (Lipinski definition) is 6. The van der Waals surface area contributed by atoms with Crippen molar-refractivity contribution in [1.29, 1.82) is 0 Å².